The lowest BCUT2D eigenvalue weighted by Gasteiger charge is -2.14. The van der Waals surface area contributed by atoms with E-state index in [0.29, 0.717) is 5.02 Å². The number of amides is 1. The van der Waals surface area contributed by atoms with E-state index in [1.165, 1.54) is 23.2 Å². The molecule has 0 fully saturated rings. The van der Waals surface area contributed by atoms with Gasteiger partial charge in [-0.05, 0) is 0 Å². The molecule has 0 bridgehead atoms. The van der Waals surface area contributed by atoms with Crippen LogP contribution in [0.4, 0.5) is 4.79 Å². The van der Waals surface area contributed by atoms with Crippen LogP contribution in [0.15, 0.2) is 25.0 Å². The lowest BCUT2D eigenvalue weighted by Crippen LogP contribution is -2.44. The minimum atomic E-state index is -1.20. The van der Waals surface area contributed by atoms with Crippen molar-refractivity contribution in [2.75, 3.05) is 6.61 Å². The van der Waals surface area contributed by atoms with E-state index in [1.807, 2.05) is 0 Å². The molecule has 1 aromatic rings. The Morgan fingerprint density at radius 3 is 2.94 bits per heavy atom. The molecule has 1 atom stereocenters. The fourth-order valence-corrected chi connectivity index (χ4v) is 1.29. The molecule has 0 spiro atoms. The summed E-state index contributed by atoms with van der Waals surface area (Å²) in [5.41, 5.74) is 0. The lowest BCUT2D eigenvalue weighted by molar-refractivity contribution is -0.139. The molecule has 0 aliphatic carbocycles. The smallest absolute Gasteiger partial charge is 0.408 e. The standard InChI is InChI=1S/C10H12ClN3O4/c1-2-3-18-10(17)13-8(9(15)16)6-14-5-7(11)4-12-14/h2,4-5,8H,1,3,6H2,(H,13,17)(H,15,16). The van der Waals surface area contributed by atoms with Crippen molar-refractivity contribution in [2.45, 2.75) is 12.6 Å². The Morgan fingerprint density at radius 2 is 2.44 bits per heavy atom. The predicted molar refractivity (Wildman–Crippen MR) is 63.3 cm³/mol. The van der Waals surface area contributed by atoms with Gasteiger partial charge in [0.15, 0.2) is 0 Å². The molecule has 98 valence electrons. The van der Waals surface area contributed by atoms with E-state index in [9.17, 15) is 9.59 Å². The lowest BCUT2D eigenvalue weighted by atomic mass is 10.3. The maximum atomic E-state index is 11.2. The molecule has 8 heteroatoms. The van der Waals surface area contributed by atoms with E-state index < -0.39 is 18.1 Å². The molecule has 18 heavy (non-hydrogen) atoms. The second kappa shape index (κ2) is 6.65. The van der Waals surface area contributed by atoms with Gasteiger partial charge in [-0.1, -0.05) is 24.3 Å². The number of hydrogen-bond donors (Lipinski definition) is 2. The number of nitrogens with one attached hydrogen (secondary N) is 1. The second-order valence-corrected chi connectivity index (χ2v) is 3.74. The molecular formula is C10H12ClN3O4. The van der Waals surface area contributed by atoms with Crippen molar-refractivity contribution in [1.82, 2.24) is 15.1 Å². The van der Waals surface area contributed by atoms with Crippen LogP contribution >= 0.6 is 11.6 Å². The van der Waals surface area contributed by atoms with Crippen molar-refractivity contribution in [1.29, 1.82) is 0 Å². The van der Waals surface area contributed by atoms with Gasteiger partial charge in [0.25, 0.3) is 0 Å². The third-order valence-corrected chi connectivity index (χ3v) is 2.09. The molecule has 0 radical (unpaired) electrons. The number of halogens is 1. The van der Waals surface area contributed by atoms with Gasteiger partial charge in [0.1, 0.15) is 12.6 Å². The summed E-state index contributed by atoms with van der Waals surface area (Å²) in [7, 11) is 0. The Hall–Kier alpha value is -2.02. The summed E-state index contributed by atoms with van der Waals surface area (Å²) in [5, 5.41) is 15.4. The van der Waals surface area contributed by atoms with Gasteiger partial charge in [-0.25, -0.2) is 9.59 Å². The van der Waals surface area contributed by atoms with E-state index in [2.05, 4.69) is 21.7 Å². The number of carboxylic acids is 1. The number of aliphatic carboxylic acids is 1. The van der Waals surface area contributed by atoms with Crippen LogP contribution in [-0.2, 0) is 16.1 Å². The summed E-state index contributed by atoms with van der Waals surface area (Å²) in [6.45, 7) is 3.32. The fourth-order valence-electron chi connectivity index (χ4n) is 1.13. The fraction of sp³-hybridized carbons (Fsp3) is 0.300. The number of nitrogens with zero attached hydrogens (tertiary/aromatic N) is 2. The first-order valence-corrected chi connectivity index (χ1v) is 5.35. The van der Waals surface area contributed by atoms with E-state index >= 15 is 0 Å². The van der Waals surface area contributed by atoms with Gasteiger partial charge in [0, 0.05) is 6.20 Å². The molecule has 1 rings (SSSR count). The zero-order valence-corrected chi connectivity index (χ0v) is 10.1. The highest BCUT2D eigenvalue weighted by Crippen LogP contribution is 2.05. The predicted octanol–water partition coefficient (Wildman–Crippen LogP) is 0.902. The zero-order valence-electron chi connectivity index (χ0n) is 9.38. The van der Waals surface area contributed by atoms with E-state index in [0.717, 1.165) is 0 Å². The number of hydrogen-bond acceptors (Lipinski definition) is 4. The van der Waals surface area contributed by atoms with Gasteiger partial charge in [-0.2, -0.15) is 5.10 Å². The number of carboxylic acid groups (broad SMARTS) is 1. The van der Waals surface area contributed by atoms with Gasteiger partial charge >= 0.3 is 12.1 Å². The van der Waals surface area contributed by atoms with Gasteiger partial charge in [0.2, 0.25) is 0 Å². The summed E-state index contributed by atoms with van der Waals surface area (Å²) in [6.07, 6.45) is 3.37. The van der Waals surface area contributed by atoms with Gasteiger partial charge < -0.3 is 15.2 Å². The minimum absolute atomic E-state index is 0.00572. The van der Waals surface area contributed by atoms with Gasteiger partial charge in [-0.15, -0.1) is 0 Å². The van der Waals surface area contributed by atoms with Crippen molar-refractivity contribution < 1.29 is 19.4 Å². The Balaban J connectivity index is 2.57. The molecule has 0 aromatic carbocycles. The van der Waals surface area contributed by atoms with Crippen LogP contribution in [0.25, 0.3) is 0 Å². The zero-order chi connectivity index (χ0) is 13.5. The Kier molecular flexibility index (Phi) is 5.19. The Bertz CT molecular complexity index is 446. The van der Waals surface area contributed by atoms with Crippen molar-refractivity contribution in [3.05, 3.63) is 30.1 Å². The molecular weight excluding hydrogens is 262 g/mol. The first-order chi connectivity index (χ1) is 8.52. The molecule has 1 heterocycles. The van der Waals surface area contributed by atoms with Crippen LogP contribution in [0.5, 0.6) is 0 Å². The highest BCUT2D eigenvalue weighted by atomic mass is 35.5. The Morgan fingerprint density at radius 1 is 1.72 bits per heavy atom. The van der Waals surface area contributed by atoms with Crippen LogP contribution < -0.4 is 5.32 Å². The van der Waals surface area contributed by atoms with E-state index in [4.69, 9.17) is 16.7 Å². The topological polar surface area (TPSA) is 93.5 Å². The van der Waals surface area contributed by atoms with Crippen LogP contribution in [0.1, 0.15) is 0 Å². The molecule has 1 unspecified atom stereocenters. The minimum Gasteiger partial charge on any atom is -0.480 e. The molecule has 0 saturated carbocycles. The third kappa shape index (κ3) is 4.46. The monoisotopic (exact) mass is 273 g/mol. The van der Waals surface area contributed by atoms with Crippen molar-refractivity contribution >= 4 is 23.7 Å². The van der Waals surface area contributed by atoms with Gasteiger partial charge in [0.05, 0.1) is 17.8 Å². The summed E-state index contributed by atoms with van der Waals surface area (Å²) < 4.78 is 5.94. The molecule has 1 amide bonds. The van der Waals surface area contributed by atoms with Gasteiger partial charge in [-0.3, -0.25) is 4.68 Å². The van der Waals surface area contributed by atoms with Crippen LogP contribution in [-0.4, -0.2) is 39.6 Å². The molecule has 1 aromatic heterocycles. The van der Waals surface area contributed by atoms with E-state index in [1.54, 1.807) is 0 Å². The highest BCUT2D eigenvalue weighted by Gasteiger charge is 2.21. The normalized spacial score (nSPS) is 11.6. The number of ether oxygens (including phenoxy) is 1. The number of rotatable bonds is 6. The Labute approximate surface area is 108 Å². The third-order valence-electron chi connectivity index (χ3n) is 1.89. The summed E-state index contributed by atoms with van der Waals surface area (Å²) >= 11 is 5.64. The molecule has 0 aliphatic heterocycles. The van der Waals surface area contributed by atoms with Crippen LogP contribution in [0.2, 0.25) is 5.02 Å². The summed E-state index contributed by atoms with van der Waals surface area (Å²) in [6, 6.07) is -1.15. The molecule has 2 N–H and O–H groups in total. The molecule has 0 aliphatic rings. The first-order valence-electron chi connectivity index (χ1n) is 4.98. The maximum Gasteiger partial charge on any atom is 0.408 e. The molecule has 7 nitrogen and oxygen atoms in total. The number of carbonyl (C=O) groups is 2. The summed E-state index contributed by atoms with van der Waals surface area (Å²) in [5.74, 6) is -1.20. The van der Waals surface area contributed by atoms with Crippen molar-refractivity contribution in [3.8, 4) is 0 Å². The summed E-state index contributed by atoms with van der Waals surface area (Å²) in [4.78, 5) is 22.2. The largest absolute Gasteiger partial charge is 0.480 e. The number of aromatic nitrogens is 2. The van der Waals surface area contributed by atoms with E-state index in [-0.39, 0.29) is 13.2 Å². The highest BCUT2D eigenvalue weighted by molar-refractivity contribution is 6.30. The average Bonchev–Trinajstić information content (AvgIpc) is 2.71. The van der Waals surface area contributed by atoms with Crippen LogP contribution in [0, 0.1) is 0 Å². The second-order valence-electron chi connectivity index (χ2n) is 3.30. The SMILES string of the molecule is C=CCOC(=O)NC(Cn1cc(Cl)cn1)C(=O)O. The molecule has 0 saturated heterocycles. The maximum absolute atomic E-state index is 11.2. The van der Waals surface area contributed by atoms with Crippen LogP contribution in [0.3, 0.4) is 0 Å². The van der Waals surface area contributed by atoms with Crippen molar-refractivity contribution in [3.63, 3.8) is 0 Å². The number of alkyl carbamates (subject to hydrolysis) is 1. The van der Waals surface area contributed by atoms with Crippen molar-refractivity contribution in [2.24, 2.45) is 0 Å². The number of carbonyl (C=O) groups excluding carboxylic acids is 1. The quantitative estimate of drug-likeness (QED) is 0.751. The average molecular weight is 274 g/mol. The first kappa shape index (κ1) is 14.0.